The maximum atomic E-state index is 13.2. The van der Waals surface area contributed by atoms with E-state index >= 15 is 0 Å². The number of hydrogen-bond donors (Lipinski definition) is 3. The molecule has 0 aliphatic heterocycles. The molecule has 60 heavy (non-hydrogen) atoms. The molecule has 0 saturated heterocycles. The van der Waals surface area contributed by atoms with Crippen LogP contribution in [0.15, 0.2) is 60.8 Å². The first-order valence-corrected chi connectivity index (χ1v) is 25.5. The number of allylic oxidation sites excluding steroid dienone is 10. The fraction of sp³-hybridized carbons (Fsp3) is 0.778. The first-order valence-electron chi connectivity index (χ1n) is 25.5. The molecule has 0 aromatic heterocycles. The molecule has 1 amide bonds. The lowest BCUT2D eigenvalue weighted by molar-refractivity contribution is -0.151. The fourth-order valence-electron chi connectivity index (χ4n) is 7.52. The second-order valence-corrected chi connectivity index (χ2v) is 17.2. The average Bonchev–Trinajstić information content (AvgIpc) is 3.24. The van der Waals surface area contributed by atoms with Crippen LogP contribution >= 0.6 is 0 Å². The summed E-state index contributed by atoms with van der Waals surface area (Å²) < 4.78 is 5.92. The largest absolute Gasteiger partial charge is 0.462 e. The molecule has 0 rings (SSSR count). The number of aliphatic hydroxyl groups is 2. The number of carbonyl (C=O) groups excluding carboxylic acids is 2. The molecule has 0 aromatic carbocycles. The van der Waals surface area contributed by atoms with Crippen molar-refractivity contribution in [3.63, 3.8) is 0 Å². The molecular formula is C54H97NO5. The zero-order valence-electron chi connectivity index (χ0n) is 39.6. The molecule has 348 valence electrons. The molecule has 3 unspecified atom stereocenters. The zero-order chi connectivity index (χ0) is 43.8. The van der Waals surface area contributed by atoms with Crippen LogP contribution in [0.25, 0.3) is 0 Å². The Hall–Kier alpha value is -2.44. The van der Waals surface area contributed by atoms with E-state index in [4.69, 9.17) is 4.74 Å². The summed E-state index contributed by atoms with van der Waals surface area (Å²) in [6, 6.07) is -0.706. The number of aliphatic hydroxyl groups excluding tert-OH is 2. The van der Waals surface area contributed by atoms with Crippen molar-refractivity contribution >= 4 is 11.9 Å². The highest BCUT2D eigenvalue weighted by Crippen LogP contribution is 2.18. The topological polar surface area (TPSA) is 95.9 Å². The van der Waals surface area contributed by atoms with Crippen molar-refractivity contribution in [3.8, 4) is 0 Å². The first-order chi connectivity index (χ1) is 29.5. The standard InChI is InChI=1S/C54H97NO5/c1-4-7-10-13-16-19-22-24-25-26-27-28-29-30-32-35-38-41-44-47-54(59)60-50(45-42-39-36-33-31-23-20-17-14-11-8-5-2)48-53(58)55-51(49-56)52(57)46-43-40-37-34-21-18-15-12-9-6-3/h7,10,16,19,24-25,27-28,30,32,50-52,56-57H,4-6,8-9,11-15,17-18,20-23,26,29,31,33-49H2,1-3H3,(H,55,58)/b10-7-,19-16-,25-24-,28-27-,32-30-. The van der Waals surface area contributed by atoms with E-state index in [0.717, 1.165) is 89.9 Å². The minimum atomic E-state index is -0.792. The molecule has 0 heterocycles. The smallest absolute Gasteiger partial charge is 0.306 e. The summed E-state index contributed by atoms with van der Waals surface area (Å²) in [7, 11) is 0. The van der Waals surface area contributed by atoms with Gasteiger partial charge in [0.25, 0.3) is 0 Å². The Morgan fingerprint density at radius 3 is 1.35 bits per heavy atom. The van der Waals surface area contributed by atoms with Crippen molar-refractivity contribution in [2.45, 2.75) is 264 Å². The molecule has 0 saturated carbocycles. The van der Waals surface area contributed by atoms with Gasteiger partial charge in [0.2, 0.25) is 5.91 Å². The third kappa shape index (κ3) is 42.3. The number of hydrogen-bond acceptors (Lipinski definition) is 5. The van der Waals surface area contributed by atoms with Crippen LogP contribution in [0.2, 0.25) is 0 Å². The molecule has 0 spiro atoms. The van der Waals surface area contributed by atoms with E-state index in [-0.39, 0.29) is 24.9 Å². The highest BCUT2D eigenvalue weighted by atomic mass is 16.5. The van der Waals surface area contributed by atoms with Crippen LogP contribution in [-0.2, 0) is 14.3 Å². The monoisotopic (exact) mass is 840 g/mol. The molecule has 3 N–H and O–H groups in total. The summed E-state index contributed by atoms with van der Waals surface area (Å²) in [5.41, 5.74) is 0. The molecule has 0 aliphatic rings. The van der Waals surface area contributed by atoms with Gasteiger partial charge in [-0.2, -0.15) is 0 Å². The number of esters is 1. The van der Waals surface area contributed by atoms with Crippen molar-refractivity contribution < 1.29 is 24.5 Å². The predicted molar refractivity (Wildman–Crippen MR) is 259 cm³/mol. The minimum Gasteiger partial charge on any atom is -0.462 e. The molecule has 0 radical (unpaired) electrons. The van der Waals surface area contributed by atoms with Crippen LogP contribution in [0.3, 0.4) is 0 Å². The Labute approximate surface area is 371 Å². The molecule has 0 bridgehead atoms. The molecule has 0 aliphatic carbocycles. The highest BCUT2D eigenvalue weighted by Gasteiger charge is 2.24. The summed E-state index contributed by atoms with van der Waals surface area (Å²) in [6.07, 6.45) is 58.5. The number of carbonyl (C=O) groups is 2. The first kappa shape index (κ1) is 57.6. The highest BCUT2D eigenvalue weighted by molar-refractivity contribution is 5.77. The van der Waals surface area contributed by atoms with Gasteiger partial charge in [-0.25, -0.2) is 0 Å². The Bertz CT molecular complexity index is 1080. The van der Waals surface area contributed by atoms with E-state index in [1.54, 1.807) is 0 Å². The Balaban J connectivity index is 4.60. The van der Waals surface area contributed by atoms with Gasteiger partial charge in [0, 0.05) is 6.42 Å². The van der Waals surface area contributed by atoms with Crippen LogP contribution in [0.1, 0.15) is 245 Å². The quantitative estimate of drug-likeness (QED) is 0.0322. The molecule has 0 aromatic rings. The van der Waals surface area contributed by atoms with Gasteiger partial charge in [-0.05, 0) is 70.6 Å². The van der Waals surface area contributed by atoms with Gasteiger partial charge in [-0.3, -0.25) is 9.59 Å². The minimum absolute atomic E-state index is 0.0648. The van der Waals surface area contributed by atoms with Gasteiger partial charge >= 0.3 is 5.97 Å². The van der Waals surface area contributed by atoms with Gasteiger partial charge in [-0.1, -0.05) is 223 Å². The molecule has 6 heteroatoms. The van der Waals surface area contributed by atoms with Crippen LogP contribution in [-0.4, -0.2) is 46.9 Å². The number of unbranched alkanes of at least 4 members (excludes halogenated alkanes) is 23. The second-order valence-electron chi connectivity index (χ2n) is 17.2. The second kappa shape index (κ2) is 47.6. The summed E-state index contributed by atoms with van der Waals surface area (Å²) in [6.45, 7) is 6.35. The van der Waals surface area contributed by atoms with Crippen LogP contribution in [0.5, 0.6) is 0 Å². The Morgan fingerprint density at radius 1 is 0.500 bits per heavy atom. The molecule has 0 fully saturated rings. The summed E-state index contributed by atoms with van der Waals surface area (Å²) >= 11 is 0. The van der Waals surface area contributed by atoms with Crippen LogP contribution in [0, 0.1) is 0 Å². The lowest BCUT2D eigenvalue weighted by Gasteiger charge is -2.24. The summed E-state index contributed by atoms with van der Waals surface area (Å²) in [5, 5.41) is 23.7. The van der Waals surface area contributed by atoms with E-state index in [1.807, 2.05) is 0 Å². The number of rotatable bonds is 45. The zero-order valence-corrected chi connectivity index (χ0v) is 39.6. The van der Waals surface area contributed by atoms with Gasteiger partial charge < -0.3 is 20.3 Å². The van der Waals surface area contributed by atoms with Crippen molar-refractivity contribution in [2.75, 3.05) is 6.61 Å². The molecular weight excluding hydrogens is 743 g/mol. The maximum absolute atomic E-state index is 13.2. The normalized spacial score (nSPS) is 13.8. The predicted octanol–water partition coefficient (Wildman–Crippen LogP) is 15.2. The van der Waals surface area contributed by atoms with E-state index in [0.29, 0.717) is 19.3 Å². The van der Waals surface area contributed by atoms with Crippen molar-refractivity contribution in [1.82, 2.24) is 5.32 Å². The third-order valence-electron chi connectivity index (χ3n) is 11.4. The van der Waals surface area contributed by atoms with E-state index in [2.05, 4.69) is 86.8 Å². The van der Waals surface area contributed by atoms with Gasteiger partial charge in [-0.15, -0.1) is 0 Å². The van der Waals surface area contributed by atoms with E-state index in [9.17, 15) is 19.8 Å². The molecule has 6 nitrogen and oxygen atoms in total. The third-order valence-corrected chi connectivity index (χ3v) is 11.4. The van der Waals surface area contributed by atoms with Crippen molar-refractivity contribution in [1.29, 1.82) is 0 Å². The Kier molecular flexibility index (Phi) is 45.7. The van der Waals surface area contributed by atoms with Crippen LogP contribution < -0.4 is 5.32 Å². The number of ether oxygens (including phenoxy) is 1. The molecule has 3 atom stereocenters. The summed E-state index contributed by atoms with van der Waals surface area (Å²) in [4.78, 5) is 26.1. The van der Waals surface area contributed by atoms with Gasteiger partial charge in [0.1, 0.15) is 6.10 Å². The van der Waals surface area contributed by atoms with Crippen molar-refractivity contribution in [3.05, 3.63) is 60.8 Å². The van der Waals surface area contributed by atoms with E-state index < -0.39 is 18.2 Å². The van der Waals surface area contributed by atoms with E-state index in [1.165, 1.54) is 109 Å². The van der Waals surface area contributed by atoms with Gasteiger partial charge in [0.05, 0.1) is 25.2 Å². The van der Waals surface area contributed by atoms with Crippen molar-refractivity contribution in [2.24, 2.45) is 0 Å². The van der Waals surface area contributed by atoms with Gasteiger partial charge in [0.15, 0.2) is 0 Å². The fourth-order valence-corrected chi connectivity index (χ4v) is 7.52. The SMILES string of the molecule is CC/C=C\C/C=C\C/C=C\C/C=C\C/C=C\CCCCCC(=O)OC(CCCCCCCCCCCCCC)CC(=O)NC(CO)C(O)CCCCCCCCCCCC. The Morgan fingerprint density at radius 2 is 0.900 bits per heavy atom. The number of nitrogens with one attached hydrogen (secondary N) is 1. The summed E-state index contributed by atoms with van der Waals surface area (Å²) in [5.74, 6) is -0.508. The average molecular weight is 840 g/mol. The lowest BCUT2D eigenvalue weighted by Crippen LogP contribution is -2.46. The maximum Gasteiger partial charge on any atom is 0.306 e. The van der Waals surface area contributed by atoms with Crippen LogP contribution in [0.4, 0.5) is 0 Å². The lowest BCUT2D eigenvalue weighted by atomic mass is 10.0. The number of amides is 1.